The highest BCUT2D eigenvalue weighted by molar-refractivity contribution is 6.24. The Morgan fingerprint density at radius 3 is 2.22 bits per heavy atom. The van der Waals surface area contributed by atoms with E-state index < -0.39 is 29.7 Å². The Kier molecular flexibility index (Phi) is 15.4. The van der Waals surface area contributed by atoms with Crippen molar-refractivity contribution in [3.63, 3.8) is 0 Å². The summed E-state index contributed by atoms with van der Waals surface area (Å²) < 4.78 is 7.31. The lowest BCUT2D eigenvalue weighted by atomic mass is 9.86. The van der Waals surface area contributed by atoms with Gasteiger partial charge in [0.1, 0.15) is 11.7 Å². The van der Waals surface area contributed by atoms with Gasteiger partial charge in [-0.1, -0.05) is 69.3 Å². The van der Waals surface area contributed by atoms with E-state index in [4.69, 9.17) is 9.72 Å². The zero-order chi connectivity index (χ0) is 51.3. The third-order valence-corrected chi connectivity index (χ3v) is 13.5. The summed E-state index contributed by atoms with van der Waals surface area (Å²) in [5, 5.41) is 8.07. The van der Waals surface area contributed by atoms with Gasteiger partial charge >= 0.3 is 0 Å². The average molecular weight is 977 g/mol. The van der Waals surface area contributed by atoms with Crippen LogP contribution in [0.15, 0.2) is 95.9 Å². The number of rotatable bonds is 16. The van der Waals surface area contributed by atoms with Crippen molar-refractivity contribution in [3.8, 4) is 11.3 Å². The van der Waals surface area contributed by atoms with E-state index in [1.165, 1.54) is 10.6 Å². The summed E-state index contributed by atoms with van der Waals surface area (Å²) in [7, 11) is 1.69. The van der Waals surface area contributed by atoms with Crippen LogP contribution in [0, 0.1) is 6.92 Å². The molecular formula is C55H60N8O9. The first-order valence-corrected chi connectivity index (χ1v) is 24.3. The highest BCUT2D eigenvalue weighted by Crippen LogP contribution is 2.31. The molecule has 4 aromatic carbocycles. The molecule has 2 saturated heterocycles. The fourth-order valence-electron chi connectivity index (χ4n) is 9.28. The minimum absolute atomic E-state index is 0.0252. The second-order valence-electron chi connectivity index (χ2n) is 19.5. The molecule has 5 aromatic rings. The average Bonchev–Trinajstić information content (AvgIpc) is 3.62. The van der Waals surface area contributed by atoms with E-state index in [0.29, 0.717) is 79.7 Å². The summed E-state index contributed by atoms with van der Waals surface area (Å²) in [5.41, 5.74) is 6.95. The Hall–Kier alpha value is -7.63. The van der Waals surface area contributed by atoms with Crippen molar-refractivity contribution >= 4 is 47.0 Å². The summed E-state index contributed by atoms with van der Waals surface area (Å²) in [4.78, 5) is 113. The minimum Gasteiger partial charge on any atom is -0.378 e. The van der Waals surface area contributed by atoms with Gasteiger partial charge in [-0.2, -0.15) is 0 Å². The molecule has 17 heteroatoms. The topological polar surface area (TPSA) is 209 Å². The van der Waals surface area contributed by atoms with E-state index in [-0.39, 0.29) is 78.5 Å². The number of aromatic nitrogens is 2. The molecular weight excluding hydrogens is 917 g/mol. The lowest BCUT2D eigenvalue weighted by molar-refractivity contribution is -0.136. The van der Waals surface area contributed by atoms with Gasteiger partial charge in [-0.15, -0.1) is 0 Å². The number of piperidine rings is 1. The number of nitrogens with one attached hydrogen (secondary N) is 3. The first kappa shape index (κ1) is 50.7. The van der Waals surface area contributed by atoms with Crippen LogP contribution in [-0.4, -0.2) is 124 Å². The minimum atomic E-state index is -1.06. The van der Waals surface area contributed by atoms with Crippen LogP contribution in [0.1, 0.15) is 109 Å². The standard InChI is InChI=1S/C55H60N8O9/c1-34-40(9-7-11-42(34)58-49(66)37-16-19-39(20-17-37)55(2,3)4)44-33-60(5)53(70)43(57-44)32-35-12-14-38(15-13-35)51(68)62-27-25-61(26-28-62)29-31-72-30-24-56-46(64)22-18-36-8-6-10-41-48(36)54(71)63(52(41)69)45-21-23-47(65)59-50(45)67/h6-17,19-20,33,45H,18,21-32H2,1-5H3,(H,56,64)(H,58,66)(H,59,65,67). The molecule has 374 valence electrons. The Morgan fingerprint density at radius 1 is 0.819 bits per heavy atom. The molecule has 0 saturated carbocycles. The van der Waals surface area contributed by atoms with Crippen molar-refractivity contribution < 1.29 is 38.3 Å². The summed E-state index contributed by atoms with van der Waals surface area (Å²) >= 11 is 0. The van der Waals surface area contributed by atoms with Crippen molar-refractivity contribution in [2.45, 2.75) is 71.3 Å². The summed E-state index contributed by atoms with van der Waals surface area (Å²) in [6.45, 7) is 12.5. The van der Waals surface area contributed by atoms with Gasteiger partial charge < -0.3 is 24.8 Å². The Bertz CT molecular complexity index is 2990. The Balaban J connectivity index is 0.753. The van der Waals surface area contributed by atoms with Crippen LogP contribution in [-0.2, 0) is 44.4 Å². The van der Waals surface area contributed by atoms with E-state index >= 15 is 0 Å². The monoisotopic (exact) mass is 976 g/mol. The zero-order valence-electron chi connectivity index (χ0n) is 41.3. The first-order valence-electron chi connectivity index (χ1n) is 24.3. The molecule has 0 spiro atoms. The molecule has 4 heterocycles. The highest BCUT2D eigenvalue weighted by Gasteiger charge is 2.45. The van der Waals surface area contributed by atoms with Gasteiger partial charge in [-0.25, -0.2) is 4.98 Å². The number of hydrogen-bond acceptors (Lipinski definition) is 11. The van der Waals surface area contributed by atoms with Crippen LogP contribution < -0.4 is 21.5 Å². The van der Waals surface area contributed by atoms with Gasteiger partial charge in [0.15, 0.2) is 0 Å². The molecule has 3 aliphatic rings. The van der Waals surface area contributed by atoms with E-state index in [2.05, 4.69) is 41.6 Å². The predicted molar refractivity (Wildman–Crippen MR) is 270 cm³/mol. The number of aryl methyl sites for hydroxylation is 2. The number of imide groups is 2. The van der Waals surface area contributed by atoms with Crippen molar-refractivity contribution in [3.05, 3.63) is 152 Å². The molecule has 72 heavy (non-hydrogen) atoms. The van der Waals surface area contributed by atoms with Crippen molar-refractivity contribution in [1.29, 1.82) is 0 Å². The number of benzene rings is 4. The maximum atomic E-state index is 13.5. The number of ether oxygens (including phenoxy) is 1. The molecule has 0 aliphatic carbocycles. The molecule has 1 unspecified atom stereocenters. The maximum Gasteiger partial charge on any atom is 0.272 e. The largest absolute Gasteiger partial charge is 0.378 e. The van der Waals surface area contributed by atoms with Gasteiger partial charge in [0, 0.05) is 94.2 Å². The first-order chi connectivity index (χ1) is 34.5. The second-order valence-corrected chi connectivity index (χ2v) is 19.5. The van der Waals surface area contributed by atoms with Crippen LogP contribution in [0.4, 0.5) is 5.69 Å². The van der Waals surface area contributed by atoms with E-state index in [1.807, 2.05) is 66.4 Å². The quantitative estimate of drug-likeness (QED) is 0.0902. The summed E-state index contributed by atoms with van der Waals surface area (Å²) in [5.74, 6) is -2.84. The summed E-state index contributed by atoms with van der Waals surface area (Å²) in [6, 6.07) is 24.3. The van der Waals surface area contributed by atoms with Crippen LogP contribution in [0.25, 0.3) is 11.3 Å². The highest BCUT2D eigenvalue weighted by atomic mass is 16.5. The SMILES string of the molecule is Cc1c(NC(=O)c2ccc(C(C)(C)C)cc2)cccc1-c1cn(C)c(=O)c(Cc2ccc(C(=O)N3CCN(CCOCCNC(=O)CCc4cccc5c4C(=O)N(C4CCC(=O)NC4=O)C5=O)CC3)cc2)n1. The van der Waals surface area contributed by atoms with E-state index in [1.54, 1.807) is 37.5 Å². The maximum absolute atomic E-state index is 13.5. The van der Waals surface area contributed by atoms with Crippen LogP contribution in [0.5, 0.6) is 0 Å². The predicted octanol–water partition coefficient (Wildman–Crippen LogP) is 4.82. The molecule has 1 atom stereocenters. The summed E-state index contributed by atoms with van der Waals surface area (Å²) in [6.07, 6.45) is 2.35. The Morgan fingerprint density at radius 2 is 1.51 bits per heavy atom. The molecule has 2 fully saturated rings. The third-order valence-electron chi connectivity index (χ3n) is 13.5. The Labute approximate surface area is 417 Å². The smallest absolute Gasteiger partial charge is 0.272 e. The number of piperazine rings is 1. The molecule has 8 rings (SSSR count). The fraction of sp³-hybridized carbons (Fsp3) is 0.364. The van der Waals surface area contributed by atoms with Crippen LogP contribution in [0.2, 0.25) is 0 Å². The third kappa shape index (κ3) is 11.4. The van der Waals surface area contributed by atoms with Crippen LogP contribution >= 0.6 is 0 Å². The number of carbonyl (C=O) groups excluding carboxylic acids is 7. The fourth-order valence-corrected chi connectivity index (χ4v) is 9.28. The number of nitrogens with zero attached hydrogens (tertiary/aromatic N) is 5. The lowest BCUT2D eigenvalue weighted by Gasteiger charge is -2.34. The molecule has 3 aliphatic heterocycles. The molecule has 17 nitrogen and oxygen atoms in total. The van der Waals surface area contributed by atoms with Gasteiger partial charge in [0.25, 0.3) is 29.2 Å². The molecule has 0 bridgehead atoms. The van der Waals surface area contributed by atoms with Crippen molar-refractivity contribution in [2.75, 3.05) is 57.8 Å². The van der Waals surface area contributed by atoms with Gasteiger partial charge in [-0.05, 0) is 83.8 Å². The molecule has 7 amide bonds. The molecule has 0 radical (unpaired) electrons. The van der Waals surface area contributed by atoms with Crippen molar-refractivity contribution in [1.82, 2.24) is 34.9 Å². The van der Waals surface area contributed by atoms with Gasteiger partial charge in [-0.3, -0.25) is 53.5 Å². The number of amides is 7. The van der Waals surface area contributed by atoms with Gasteiger partial charge in [0.05, 0.1) is 30.0 Å². The number of hydrogen-bond donors (Lipinski definition) is 3. The normalized spacial score (nSPS) is 16.2. The van der Waals surface area contributed by atoms with Gasteiger partial charge in [0.2, 0.25) is 17.7 Å². The van der Waals surface area contributed by atoms with E-state index in [0.717, 1.165) is 27.2 Å². The van der Waals surface area contributed by atoms with E-state index in [9.17, 15) is 38.4 Å². The number of anilines is 1. The van der Waals surface area contributed by atoms with Crippen molar-refractivity contribution in [2.24, 2.45) is 7.05 Å². The number of carbonyl (C=O) groups is 7. The molecule has 3 N–H and O–H groups in total. The lowest BCUT2D eigenvalue weighted by Crippen LogP contribution is -2.54. The molecule has 1 aromatic heterocycles. The zero-order valence-corrected chi connectivity index (χ0v) is 41.3. The second kappa shape index (κ2) is 21.8. The van der Waals surface area contributed by atoms with Crippen LogP contribution in [0.3, 0.4) is 0 Å². The number of fused-ring (bicyclic) bond motifs is 1.